The van der Waals surface area contributed by atoms with E-state index in [0.717, 1.165) is 0 Å². The topological polar surface area (TPSA) is 65.4 Å². The van der Waals surface area contributed by atoms with Crippen LogP contribution < -0.4 is 5.32 Å². The first-order chi connectivity index (χ1) is 6.94. The van der Waals surface area contributed by atoms with Crippen LogP contribution in [0.2, 0.25) is 10.0 Å². The number of aromatic nitrogens is 1. The van der Waals surface area contributed by atoms with Crippen LogP contribution in [0, 0.1) is 0 Å². The highest BCUT2D eigenvalue weighted by Crippen LogP contribution is 2.22. The van der Waals surface area contributed by atoms with Crippen molar-refractivity contribution in [2.75, 3.05) is 18.5 Å². The van der Waals surface area contributed by atoms with Crippen LogP contribution in [0.15, 0.2) is 12.3 Å². The minimum absolute atomic E-state index is 0.151. The van der Waals surface area contributed by atoms with Crippen molar-refractivity contribution in [3.63, 3.8) is 0 Å². The van der Waals surface area contributed by atoms with Crippen molar-refractivity contribution in [3.8, 4) is 0 Å². The van der Waals surface area contributed by atoms with E-state index in [-0.39, 0.29) is 13.2 Å². The molecular formula is C9H12Cl2N2O2. The molecule has 0 aliphatic heterocycles. The molecule has 0 aliphatic rings. The molecule has 0 saturated carbocycles. The molecule has 4 nitrogen and oxygen atoms in total. The highest BCUT2D eigenvalue weighted by Gasteiger charge is 2.19. The van der Waals surface area contributed by atoms with Gasteiger partial charge in [0.25, 0.3) is 0 Å². The van der Waals surface area contributed by atoms with E-state index in [1.54, 1.807) is 6.07 Å². The lowest BCUT2D eigenvalue weighted by atomic mass is 10.1. The van der Waals surface area contributed by atoms with Gasteiger partial charge in [-0.05, 0) is 13.0 Å². The summed E-state index contributed by atoms with van der Waals surface area (Å²) in [4.78, 5) is 3.95. The Hall–Kier alpha value is -0.550. The van der Waals surface area contributed by atoms with Crippen molar-refractivity contribution in [2.45, 2.75) is 12.5 Å². The van der Waals surface area contributed by atoms with Crippen LogP contribution >= 0.6 is 23.2 Å². The summed E-state index contributed by atoms with van der Waals surface area (Å²) in [5.41, 5.74) is -1.20. The van der Waals surface area contributed by atoms with E-state index in [2.05, 4.69) is 10.3 Å². The summed E-state index contributed by atoms with van der Waals surface area (Å²) in [6.45, 7) is 1.31. The fourth-order valence-corrected chi connectivity index (χ4v) is 1.32. The van der Waals surface area contributed by atoms with Gasteiger partial charge in [0.1, 0.15) is 11.4 Å². The summed E-state index contributed by atoms with van der Waals surface area (Å²) in [7, 11) is 0. The van der Waals surface area contributed by atoms with Crippen molar-refractivity contribution in [3.05, 3.63) is 22.3 Å². The number of pyridine rings is 1. The third kappa shape index (κ3) is 3.83. The fraction of sp³-hybridized carbons (Fsp3) is 0.444. The molecule has 1 unspecified atom stereocenters. The van der Waals surface area contributed by atoms with Crippen LogP contribution in [0.4, 0.5) is 5.82 Å². The molecule has 0 amide bonds. The molecule has 1 heterocycles. The first-order valence-electron chi connectivity index (χ1n) is 4.33. The summed E-state index contributed by atoms with van der Waals surface area (Å²) in [6, 6.07) is 1.55. The Balaban J connectivity index is 2.66. The molecule has 0 radical (unpaired) electrons. The average molecular weight is 251 g/mol. The van der Waals surface area contributed by atoms with Crippen LogP contribution in [0.5, 0.6) is 0 Å². The van der Waals surface area contributed by atoms with Crippen molar-refractivity contribution >= 4 is 29.0 Å². The van der Waals surface area contributed by atoms with Crippen molar-refractivity contribution in [1.82, 2.24) is 4.98 Å². The molecule has 0 aliphatic carbocycles. The lowest BCUT2D eigenvalue weighted by Gasteiger charge is -2.21. The summed E-state index contributed by atoms with van der Waals surface area (Å²) >= 11 is 11.5. The highest BCUT2D eigenvalue weighted by atomic mass is 35.5. The van der Waals surface area contributed by atoms with Crippen LogP contribution in [0.25, 0.3) is 0 Å². The van der Waals surface area contributed by atoms with E-state index in [4.69, 9.17) is 28.3 Å². The molecule has 6 heteroatoms. The molecule has 84 valence electrons. The highest BCUT2D eigenvalue weighted by molar-refractivity contribution is 6.35. The predicted octanol–water partition coefficient (Wildman–Crippen LogP) is 1.54. The predicted molar refractivity (Wildman–Crippen MR) is 60.5 cm³/mol. The first kappa shape index (κ1) is 12.5. The molecule has 0 fully saturated rings. The molecule has 0 aromatic carbocycles. The molecule has 15 heavy (non-hydrogen) atoms. The SMILES string of the molecule is CC(O)(CO)CNc1ncc(Cl)cc1Cl. The van der Waals surface area contributed by atoms with Gasteiger partial charge in [0.05, 0.1) is 16.7 Å². The number of anilines is 1. The van der Waals surface area contributed by atoms with E-state index in [1.807, 2.05) is 0 Å². The average Bonchev–Trinajstić information content (AvgIpc) is 2.16. The number of nitrogens with one attached hydrogen (secondary N) is 1. The first-order valence-corrected chi connectivity index (χ1v) is 5.08. The van der Waals surface area contributed by atoms with Gasteiger partial charge >= 0.3 is 0 Å². The van der Waals surface area contributed by atoms with Gasteiger partial charge in [0, 0.05) is 12.7 Å². The molecule has 1 aromatic rings. The van der Waals surface area contributed by atoms with Gasteiger partial charge in [0.15, 0.2) is 0 Å². The zero-order valence-electron chi connectivity index (χ0n) is 8.17. The van der Waals surface area contributed by atoms with Crippen LogP contribution in [0.3, 0.4) is 0 Å². The fourth-order valence-electron chi connectivity index (χ4n) is 0.875. The monoisotopic (exact) mass is 250 g/mol. The lowest BCUT2D eigenvalue weighted by molar-refractivity contribution is 0.0132. The number of aliphatic hydroxyl groups is 2. The number of halogens is 2. The zero-order valence-corrected chi connectivity index (χ0v) is 9.68. The van der Waals surface area contributed by atoms with E-state index in [0.29, 0.717) is 15.9 Å². The number of hydrogen-bond acceptors (Lipinski definition) is 4. The minimum Gasteiger partial charge on any atom is -0.393 e. The third-order valence-electron chi connectivity index (χ3n) is 1.79. The van der Waals surface area contributed by atoms with Crippen molar-refractivity contribution < 1.29 is 10.2 Å². The second kappa shape index (κ2) is 4.99. The molecule has 3 N–H and O–H groups in total. The maximum absolute atomic E-state index is 9.52. The van der Waals surface area contributed by atoms with Gasteiger partial charge in [-0.25, -0.2) is 4.98 Å². The molecule has 1 atom stereocenters. The number of aliphatic hydroxyl groups excluding tert-OH is 1. The Morgan fingerprint density at radius 3 is 2.73 bits per heavy atom. The lowest BCUT2D eigenvalue weighted by Crippen LogP contribution is -2.37. The molecule has 0 saturated heterocycles. The summed E-state index contributed by atoms with van der Waals surface area (Å²) in [5.74, 6) is 0.426. The normalized spacial score (nSPS) is 14.7. The second-order valence-corrected chi connectivity index (χ2v) is 4.34. The molecule has 0 bridgehead atoms. The Labute approximate surface area is 97.9 Å². The van der Waals surface area contributed by atoms with Gasteiger partial charge in [-0.2, -0.15) is 0 Å². The molecule has 1 rings (SSSR count). The smallest absolute Gasteiger partial charge is 0.144 e. The third-order valence-corrected chi connectivity index (χ3v) is 2.28. The zero-order chi connectivity index (χ0) is 11.5. The van der Waals surface area contributed by atoms with Crippen molar-refractivity contribution in [1.29, 1.82) is 0 Å². The number of rotatable bonds is 4. The Morgan fingerprint density at radius 1 is 1.53 bits per heavy atom. The maximum Gasteiger partial charge on any atom is 0.144 e. The molecule has 0 spiro atoms. The summed E-state index contributed by atoms with van der Waals surface area (Å²) < 4.78 is 0. The standard InChI is InChI=1S/C9H12Cl2N2O2/c1-9(15,5-14)4-13-8-7(11)2-6(10)3-12-8/h2-3,14-15H,4-5H2,1H3,(H,12,13). The van der Waals surface area contributed by atoms with E-state index < -0.39 is 5.60 Å². The minimum atomic E-state index is -1.20. The van der Waals surface area contributed by atoms with Gasteiger partial charge < -0.3 is 15.5 Å². The van der Waals surface area contributed by atoms with Crippen LogP contribution in [-0.2, 0) is 0 Å². The van der Waals surface area contributed by atoms with E-state index in [9.17, 15) is 5.11 Å². The molecular weight excluding hydrogens is 239 g/mol. The maximum atomic E-state index is 9.52. The van der Waals surface area contributed by atoms with Crippen LogP contribution in [0.1, 0.15) is 6.92 Å². The Kier molecular flexibility index (Phi) is 4.16. The molecule has 1 aromatic heterocycles. The second-order valence-electron chi connectivity index (χ2n) is 3.49. The van der Waals surface area contributed by atoms with Gasteiger partial charge in [-0.1, -0.05) is 23.2 Å². The summed E-state index contributed by atoms with van der Waals surface area (Å²) in [5, 5.41) is 22.0. The van der Waals surface area contributed by atoms with Gasteiger partial charge in [-0.3, -0.25) is 0 Å². The van der Waals surface area contributed by atoms with Crippen molar-refractivity contribution in [2.24, 2.45) is 0 Å². The number of hydrogen-bond donors (Lipinski definition) is 3. The largest absolute Gasteiger partial charge is 0.393 e. The Morgan fingerprint density at radius 2 is 2.20 bits per heavy atom. The van der Waals surface area contributed by atoms with E-state index >= 15 is 0 Å². The van der Waals surface area contributed by atoms with Gasteiger partial charge in [-0.15, -0.1) is 0 Å². The van der Waals surface area contributed by atoms with Crippen LogP contribution in [-0.4, -0.2) is 33.9 Å². The quantitative estimate of drug-likeness (QED) is 0.759. The number of nitrogens with zero attached hydrogens (tertiary/aromatic N) is 1. The summed E-state index contributed by atoms with van der Waals surface area (Å²) in [6.07, 6.45) is 1.45. The van der Waals surface area contributed by atoms with Gasteiger partial charge in [0.2, 0.25) is 0 Å². The Bertz CT molecular complexity index is 345. The van der Waals surface area contributed by atoms with E-state index in [1.165, 1.54) is 13.1 Å².